The van der Waals surface area contributed by atoms with E-state index in [2.05, 4.69) is 10.3 Å². The first-order valence-corrected chi connectivity index (χ1v) is 12.7. The number of anilines is 1. The molecule has 3 heterocycles. The summed E-state index contributed by atoms with van der Waals surface area (Å²) in [6, 6.07) is 9.29. The molecule has 1 aliphatic rings. The molecule has 0 radical (unpaired) electrons. The number of fused-ring (bicyclic) bond motifs is 2. The van der Waals surface area contributed by atoms with Crippen LogP contribution >= 0.6 is 11.6 Å². The van der Waals surface area contributed by atoms with Crippen LogP contribution in [0.1, 0.15) is 32.9 Å². The Labute approximate surface area is 210 Å². The molecule has 7 nitrogen and oxygen atoms in total. The molecular formula is C25H19ClFN3O4Se. The van der Waals surface area contributed by atoms with Gasteiger partial charge in [0.15, 0.2) is 0 Å². The molecule has 1 amide bonds. The summed E-state index contributed by atoms with van der Waals surface area (Å²) in [5.74, 6) is -1.16. The average molecular weight is 559 g/mol. The van der Waals surface area contributed by atoms with Crippen LogP contribution in [0.3, 0.4) is 0 Å². The molecule has 0 unspecified atom stereocenters. The number of benzene rings is 2. The first kappa shape index (κ1) is 23.4. The molecule has 0 aliphatic carbocycles. The Morgan fingerprint density at radius 3 is 2.80 bits per heavy atom. The summed E-state index contributed by atoms with van der Waals surface area (Å²) in [6.45, 7) is 3.76. The van der Waals surface area contributed by atoms with E-state index in [4.69, 9.17) is 16.3 Å². The van der Waals surface area contributed by atoms with E-state index in [0.717, 1.165) is 0 Å². The summed E-state index contributed by atoms with van der Waals surface area (Å²) in [6.07, 6.45) is 1.69. The Kier molecular flexibility index (Phi) is 6.00. The van der Waals surface area contributed by atoms with Gasteiger partial charge >= 0.3 is 182 Å². The van der Waals surface area contributed by atoms with Crippen LogP contribution < -0.4 is 10.9 Å². The van der Waals surface area contributed by atoms with Gasteiger partial charge < -0.3 is 0 Å². The number of hydrogen-bond donors (Lipinski definition) is 2. The van der Waals surface area contributed by atoms with Gasteiger partial charge in [0, 0.05) is 5.02 Å². The van der Waals surface area contributed by atoms with Gasteiger partial charge in [-0.05, 0) is 12.1 Å². The molecule has 2 aromatic carbocycles. The maximum atomic E-state index is 13.5. The molecule has 0 atom stereocenters. The number of rotatable bonds is 5. The molecule has 2 aromatic heterocycles. The molecule has 1 aliphatic heterocycles. The van der Waals surface area contributed by atoms with E-state index in [1.54, 1.807) is 41.7 Å². The van der Waals surface area contributed by atoms with Crippen LogP contribution in [0.25, 0.3) is 21.3 Å². The first-order chi connectivity index (χ1) is 16.7. The number of aromatic nitrogens is 2. The first-order valence-electron chi connectivity index (χ1n) is 10.7. The topological polar surface area (TPSA) is 93.2 Å². The van der Waals surface area contributed by atoms with Gasteiger partial charge in [0.25, 0.3) is 0 Å². The zero-order valence-corrected chi connectivity index (χ0v) is 21.2. The summed E-state index contributed by atoms with van der Waals surface area (Å²) in [5, 5.41) is 3.81. The van der Waals surface area contributed by atoms with Crippen molar-refractivity contribution in [1.82, 2.24) is 8.55 Å². The monoisotopic (exact) mass is 559 g/mol. The molecule has 0 saturated heterocycles. The molecular weight excluding hydrogens is 540 g/mol. The van der Waals surface area contributed by atoms with Crippen LogP contribution in [-0.4, -0.2) is 41.8 Å². The Morgan fingerprint density at radius 1 is 1.20 bits per heavy atom. The van der Waals surface area contributed by atoms with Crippen molar-refractivity contribution in [2.75, 3.05) is 11.9 Å². The fourth-order valence-corrected chi connectivity index (χ4v) is 6.43. The molecule has 0 bridgehead atoms. The van der Waals surface area contributed by atoms with Crippen LogP contribution in [0.15, 0.2) is 41.2 Å². The van der Waals surface area contributed by atoms with Crippen molar-refractivity contribution >= 4 is 65.2 Å². The molecule has 0 saturated carbocycles. The fourth-order valence-electron chi connectivity index (χ4n) is 4.16. The Balaban J connectivity index is 1.34. The number of H-pyrrole nitrogens is 1. The molecule has 0 fully saturated rings. The minimum atomic E-state index is -0.525. The van der Waals surface area contributed by atoms with Crippen molar-refractivity contribution in [2.24, 2.45) is 0 Å². The standard InChI is InChI=1S/C25H19ClFN3O4Se/c1-12-20(11-18-17-9-14(26)3-6-19(17)29-23(18)31)28-13(2)22(12)25(33)34-8-7-30-24(32)16-5-4-15(27)10-21(16)35-30/h3-6,9-11,28H,7-8H2,1-2H3,(H,29,31)/b18-11-. The van der Waals surface area contributed by atoms with Gasteiger partial charge in [-0.25, -0.2) is 0 Å². The van der Waals surface area contributed by atoms with E-state index in [1.807, 2.05) is 0 Å². The number of carbonyl (C=O) groups is 2. The summed E-state index contributed by atoms with van der Waals surface area (Å²) in [4.78, 5) is 41.0. The second-order valence-electron chi connectivity index (χ2n) is 8.14. The quantitative estimate of drug-likeness (QED) is 0.219. The number of aromatic amines is 1. The van der Waals surface area contributed by atoms with Crippen molar-refractivity contribution in [3.05, 3.63) is 85.7 Å². The van der Waals surface area contributed by atoms with E-state index in [1.165, 1.54) is 18.2 Å². The number of esters is 1. The molecule has 178 valence electrons. The third-order valence-corrected chi connectivity index (χ3v) is 8.42. The van der Waals surface area contributed by atoms with Gasteiger partial charge in [-0.15, -0.1) is 0 Å². The molecule has 0 spiro atoms. The summed E-state index contributed by atoms with van der Waals surface area (Å²) < 4.78 is 21.2. The number of hydrogen-bond acceptors (Lipinski definition) is 4. The molecule has 35 heavy (non-hydrogen) atoms. The summed E-state index contributed by atoms with van der Waals surface area (Å²) in [7, 11) is 0. The van der Waals surface area contributed by atoms with Gasteiger partial charge in [0.2, 0.25) is 0 Å². The van der Waals surface area contributed by atoms with Crippen molar-refractivity contribution in [2.45, 2.75) is 20.4 Å². The predicted molar refractivity (Wildman–Crippen MR) is 134 cm³/mol. The summed E-state index contributed by atoms with van der Waals surface area (Å²) in [5.41, 5.74) is 3.87. The van der Waals surface area contributed by atoms with Gasteiger partial charge in [-0.1, -0.05) is 11.6 Å². The fraction of sp³-hybridized carbons (Fsp3) is 0.160. The number of nitrogens with one attached hydrogen (secondary N) is 2. The maximum absolute atomic E-state index is 13.5. The number of amides is 1. The molecule has 10 heteroatoms. The van der Waals surface area contributed by atoms with Crippen molar-refractivity contribution in [3.63, 3.8) is 0 Å². The molecule has 5 rings (SSSR count). The van der Waals surface area contributed by atoms with E-state index in [9.17, 15) is 18.8 Å². The Bertz CT molecular complexity index is 1610. The predicted octanol–water partition coefficient (Wildman–Crippen LogP) is 4.15. The van der Waals surface area contributed by atoms with Crippen LogP contribution in [-0.2, 0) is 16.1 Å². The molecule has 2 N–H and O–H groups in total. The second kappa shape index (κ2) is 9.00. The number of halogens is 2. The number of aryl methyl sites for hydroxylation is 1. The Morgan fingerprint density at radius 2 is 2.00 bits per heavy atom. The van der Waals surface area contributed by atoms with Crippen molar-refractivity contribution < 1.29 is 18.7 Å². The normalized spacial score (nSPS) is 13.9. The van der Waals surface area contributed by atoms with Crippen LogP contribution in [0.4, 0.5) is 10.1 Å². The van der Waals surface area contributed by atoms with Crippen LogP contribution in [0.2, 0.25) is 5.02 Å². The van der Waals surface area contributed by atoms with Crippen molar-refractivity contribution in [1.29, 1.82) is 0 Å². The van der Waals surface area contributed by atoms with Gasteiger partial charge in [0.1, 0.15) is 0 Å². The van der Waals surface area contributed by atoms with E-state index >= 15 is 0 Å². The van der Waals surface area contributed by atoms with E-state index in [0.29, 0.717) is 54.0 Å². The Hall–Kier alpha value is -3.39. The SMILES string of the molecule is Cc1[nH]c(/C=C2\C(=O)Nc3ccc(Cl)cc32)c(C)c1C(=O)OCCn1[se]c2cc(F)ccc2c1=O. The summed E-state index contributed by atoms with van der Waals surface area (Å²) >= 11 is 5.74. The zero-order chi connectivity index (χ0) is 24.9. The number of ether oxygens (including phenoxy) is 1. The third kappa shape index (κ3) is 4.27. The van der Waals surface area contributed by atoms with Crippen LogP contribution in [0, 0.1) is 19.7 Å². The van der Waals surface area contributed by atoms with Gasteiger partial charge in [-0.2, -0.15) is 0 Å². The van der Waals surface area contributed by atoms with Crippen molar-refractivity contribution in [3.8, 4) is 0 Å². The van der Waals surface area contributed by atoms with Gasteiger partial charge in [0.05, 0.1) is 0 Å². The third-order valence-electron chi connectivity index (χ3n) is 5.87. The van der Waals surface area contributed by atoms with E-state index in [-0.39, 0.29) is 45.2 Å². The zero-order valence-electron chi connectivity index (χ0n) is 18.7. The second-order valence-corrected chi connectivity index (χ2v) is 10.8. The van der Waals surface area contributed by atoms with Crippen LogP contribution in [0.5, 0.6) is 0 Å². The van der Waals surface area contributed by atoms with Gasteiger partial charge in [-0.3, -0.25) is 0 Å². The molecule has 4 aromatic rings. The number of nitrogens with zero attached hydrogens (tertiary/aromatic N) is 1. The van der Waals surface area contributed by atoms with E-state index < -0.39 is 5.97 Å². The number of carbonyl (C=O) groups excluding carboxylic acids is 2. The average Bonchev–Trinajstić information content (AvgIpc) is 3.39. The minimum absolute atomic E-state index is 0.0115.